The van der Waals surface area contributed by atoms with Gasteiger partial charge in [-0.25, -0.2) is 13.5 Å². The number of hydrogen-bond donors (Lipinski definition) is 2. The van der Waals surface area contributed by atoms with Crippen molar-refractivity contribution in [2.45, 2.75) is 25.1 Å². The Bertz CT molecular complexity index is 943. The van der Waals surface area contributed by atoms with Crippen LogP contribution in [0.4, 0.5) is 8.78 Å². The SMILES string of the molecule is NCOCc1cccc2cn(-c3ccc([C@H]4CNC[C@@H](F)C4)cc3F)nc12. The number of rotatable bonds is 5. The summed E-state index contributed by atoms with van der Waals surface area (Å²) in [6.45, 7) is 1.51. The van der Waals surface area contributed by atoms with Crippen LogP contribution in [0, 0.1) is 5.82 Å². The third-order valence-corrected chi connectivity index (χ3v) is 4.98. The number of halogens is 2. The molecule has 142 valence electrons. The van der Waals surface area contributed by atoms with Crippen LogP contribution >= 0.6 is 0 Å². The molecule has 4 rings (SSSR count). The van der Waals surface area contributed by atoms with Crippen LogP contribution in [0.5, 0.6) is 0 Å². The Labute approximate surface area is 156 Å². The van der Waals surface area contributed by atoms with Crippen LogP contribution in [0.25, 0.3) is 16.6 Å². The zero-order valence-corrected chi connectivity index (χ0v) is 14.9. The fourth-order valence-electron chi connectivity index (χ4n) is 3.62. The summed E-state index contributed by atoms with van der Waals surface area (Å²) in [6.07, 6.45) is 1.32. The maximum absolute atomic E-state index is 14.8. The van der Waals surface area contributed by atoms with Crippen molar-refractivity contribution in [1.29, 1.82) is 0 Å². The molecule has 7 heteroatoms. The van der Waals surface area contributed by atoms with Gasteiger partial charge in [0.05, 0.1) is 18.9 Å². The van der Waals surface area contributed by atoms with Crippen molar-refractivity contribution in [1.82, 2.24) is 15.1 Å². The minimum Gasteiger partial charge on any atom is -0.362 e. The lowest BCUT2D eigenvalue weighted by Crippen LogP contribution is -2.36. The number of benzene rings is 2. The molecular weight excluding hydrogens is 350 g/mol. The minimum atomic E-state index is -0.892. The zero-order valence-electron chi connectivity index (χ0n) is 14.9. The number of aromatic nitrogens is 2. The Morgan fingerprint density at radius 2 is 2.15 bits per heavy atom. The maximum Gasteiger partial charge on any atom is 0.149 e. The second-order valence-corrected chi connectivity index (χ2v) is 6.84. The third kappa shape index (κ3) is 3.71. The summed E-state index contributed by atoms with van der Waals surface area (Å²) in [6, 6.07) is 10.8. The quantitative estimate of drug-likeness (QED) is 0.676. The average molecular weight is 372 g/mol. The van der Waals surface area contributed by atoms with E-state index in [-0.39, 0.29) is 18.5 Å². The third-order valence-electron chi connectivity index (χ3n) is 4.98. The second-order valence-electron chi connectivity index (χ2n) is 6.84. The van der Waals surface area contributed by atoms with Crippen LogP contribution < -0.4 is 11.1 Å². The normalized spacial score (nSPS) is 20.3. The molecule has 27 heavy (non-hydrogen) atoms. The first kappa shape index (κ1) is 18.0. The van der Waals surface area contributed by atoms with E-state index in [1.54, 1.807) is 12.3 Å². The van der Waals surface area contributed by atoms with Crippen molar-refractivity contribution in [2.75, 3.05) is 19.8 Å². The number of nitrogens with one attached hydrogen (secondary N) is 1. The van der Waals surface area contributed by atoms with Crippen LogP contribution in [0.3, 0.4) is 0 Å². The summed E-state index contributed by atoms with van der Waals surface area (Å²) in [4.78, 5) is 0. The molecule has 1 fully saturated rings. The summed E-state index contributed by atoms with van der Waals surface area (Å²) in [7, 11) is 0. The molecule has 0 bridgehead atoms. The van der Waals surface area contributed by atoms with E-state index >= 15 is 0 Å². The molecule has 3 aromatic rings. The van der Waals surface area contributed by atoms with Gasteiger partial charge in [0.1, 0.15) is 17.7 Å². The summed E-state index contributed by atoms with van der Waals surface area (Å²) in [5, 5.41) is 8.48. The topological polar surface area (TPSA) is 65.1 Å². The van der Waals surface area contributed by atoms with Gasteiger partial charge in [-0.3, -0.25) is 0 Å². The molecule has 2 atom stereocenters. The number of nitrogens with zero attached hydrogens (tertiary/aromatic N) is 2. The number of piperidine rings is 1. The van der Waals surface area contributed by atoms with E-state index in [0.717, 1.165) is 22.0 Å². The van der Waals surface area contributed by atoms with Gasteiger partial charge in [-0.15, -0.1) is 0 Å². The maximum atomic E-state index is 14.8. The van der Waals surface area contributed by atoms with Crippen molar-refractivity contribution in [2.24, 2.45) is 5.73 Å². The molecule has 0 radical (unpaired) electrons. The smallest absolute Gasteiger partial charge is 0.149 e. The number of nitrogens with two attached hydrogens (primary N) is 1. The summed E-state index contributed by atoms with van der Waals surface area (Å²) >= 11 is 0. The zero-order chi connectivity index (χ0) is 18.8. The molecule has 2 aromatic carbocycles. The van der Waals surface area contributed by atoms with Gasteiger partial charge in [0.15, 0.2) is 0 Å². The average Bonchev–Trinajstić information content (AvgIpc) is 3.10. The van der Waals surface area contributed by atoms with E-state index in [0.29, 0.717) is 31.8 Å². The Kier molecular flexibility index (Phi) is 5.15. The lowest BCUT2D eigenvalue weighted by Gasteiger charge is -2.26. The highest BCUT2D eigenvalue weighted by Crippen LogP contribution is 2.28. The molecule has 0 saturated carbocycles. The number of alkyl halides is 1. The summed E-state index contributed by atoms with van der Waals surface area (Å²) < 4.78 is 35.2. The molecule has 3 N–H and O–H groups in total. The van der Waals surface area contributed by atoms with E-state index < -0.39 is 6.17 Å². The predicted molar refractivity (Wildman–Crippen MR) is 100.0 cm³/mol. The molecule has 2 heterocycles. The number of fused-ring (bicyclic) bond motifs is 1. The van der Waals surface area contributed by atoms with E-state index in [1.807, 2.05) is 24.3 Å². The van der Waals surface area contributed by atoms with Crippen molar-refractivity contribution >= 4 is 10.9 Å². The lowest BCUT2D eigenvalue weighted by molar-refractivity contribution is 0.128. The highest BCUT2D eigenvalue weighted by Gasteiger charge is 2.23. The van der Waals surface area contributed by atoms with Gasteiger partial charge in [0.2, 0.25) is 0 Å². The van der Waals surface area contributed by atoms with Crippen LogP contribution in [0.15, 0.2) is 42.6 Å². The highest BCUT2D eigenvalue weighted by molar-refractivity contribution is 5.81. The largest absolute Gasteiger partial charge is 0.362 e. The van der Waals surface area contributed by atoms with Gasteiger partial charge >= 0.3 is 0 Å². The first-order valence-electron chi connectivity index (χ1n) is 9.05. The molecule has 1 saturated heterocycles. The number of hydrogen-bond acceptors (Lipinski definition) is 4. The van der Waals surface area contributed by atoms with Gasteiger partial charge in [0.25, 0.3) is 0 Å². The molecule has 0 unspecified atom stereocenters. The Morgan fingerprint density at radius 1 is 1.26 bits per heavy atom. The summed E-state index contributed by atoms with van der Waals surface area (Å²) in [5.74, 6) is -0.393. The number of ether oxygens (including phenoxy) is 1. The van der Waals surface area contributed by atoms with E-state index in [4.69, 9.17) is 10.5 Å². The van der Waals surface area contributed by atoms with E-state index in [9.17, 15) is 8.78 Å². The van der Waals surface area contributed by atoms with Gasteiger partial charge in [0, 0.05) is 30.2 Å². The van der Waals surface area contributed by atoms with Crippen LogP contribution in [0.1, 0.15) is 23.5 Å². The fraction of sp³-hybridized carbons (Fsp3) is 0.350. The Balaban J connectivity index is 1.65. The van der Waals surface area contributed by atoms with Gasteiger partial charge < -0.3 is 15.8 Å². The van der Waals surface area contributed by atoms with Gasteiger partial charge in [-0.2, -0.15) is 5.10 Å². The molecule has 1 aliphatic heterocycles. The van der Waals surface area contributed by atoms with Crippen LogP contribution in [-0.2, 0) is 11.3 Å². The molecule has 0 aliphatic carbocycles. The van der Waals surface area contributed by atoms with Crippen molar-refractivity contribution in [3.63, 3.8) is 0 Å². The van der Waals surface area contributed by atoms with E-state index in [1.165, 1.54) is 10.7 Å². The standard InChI is InChI=1S/C20H22F2N4O/c21-17-6-16(8-24-9-17)13-4-5-19(18(22)7-13)26-10-14-2-1-3-15(11-27-12-23)20(14)25-26/h1-5,7,10,16-17,24H,6,8-9,11-12,23H2/t16-,17+/m1/s1. The van der Waals surface area contributed by atoms with Gasteiger partial charge in [-0.05, 0) is 30.0 Å². The highest BCUT2D eigenvalue weighted by atomic mass is 19.1. The van der Waals surface area contributed by atoms with Crippen molar-refractivity contribution in [3.8, 4) is 5.69 Å². The minimum absolute atomic E-state index is 0.0194. The first-order chi connectivity index (χ1) is 13.2. The molecular formula is C20H22F2N4O. The first-order valence-corrected chi connectivity index (χ1v) is 9.05. The van der Waals surface area contributed by atoms with Crippen LogP contribution in [0.2, 0.25) is 0 Å². The molecule has 0 amide bonds. The molecule has 1 aliphatic rings. The molecule has 0 spiro atoms. The Hall–Kier alpha value is -2.35. The summed E-state index contributed by atoms with van der Waals surface area (Å²) in [5.41, 5.74) is 8.22. The van der Waals surface area contributed by atoms with Crippen molar-refractivity contribution in [3.05, 3.63) is 59.5 Å². The van der Waals surface area contributed by atoms with Gasteiger partial charge in [-0.1, -0.05) is 24.3 Å². The Morgan fingerprint density at radius 3 is 2.93 bits per heavy atom. The predicted octanol–water partition coefficient (Wildman–Crippen LogP) is 3.01. The van der Waals surface area contributed by atoms with Crippen LogP contribution in [-0.4, -0.2) is 35.8 Å². The lowest BCUT2D eigenvalue weighted by atomic mass is 9.90. The molecule has 1 aromatic heterocycles. The van der Waals surface area contributed by atoms with Crippen molar-refractivity contribution < 1.29 is 13.5 Å². The van der Waals surface area contributed by atoms with E-state index in [2.05, 4.69) is 10.4 Å². The molecule has 5 nitrogen and oxygen atoms in total. The monoisotopic (exact) mass is 372 g/mol. The second kappa shape index (κ2) is 7.72. The fourth-order valence-corrected chi connectivity index (χ4v) is 3.62.